The fourth-order valence-corrected chi connectivity index (χ4v) is 4.09. The van der Waals surface area contributed by atoms with E-state index >= 15 is 0 Å². The molecule has 0 bridgehead atoms. The van der Waals surface area contributed by atoms with E-state index in [1.54, 1.807) is 16.2 Å². The first-order valence-electron chi connectivity index (χ1n) is 8.00. The van der Waals surface area contributed by atoms with Crippen molar-refractivity contribution in [1.82, 2.24) is 9.80 Å². The normalized spacial score (nSPS) is 26.2. The smallest absolute Gasteiger partial charge is 0.326 e. The van der Waals surface area contributed by atoms with Crippen LogP contribution in [0.5, 0.6) is 0 Å². The number of amides is 1. The second-order valence-corrected chi connectivity index (χ2v) is 6.86. The second kappa shape index (κ2) is 7.42. The lowest BCUT2D eigenvalue weighted by Crippen LogP contribution is -2.56. The second-order valence-electron chi connectivity index (χ2n) is 6.08. The van der Waals surface area contributed by atoms with Crippen molar-refractivity contribution in [3.05, 3.63) is 22.4 Å². The molecule has 0 radical (unpaired) electrons. The summed E-state index contributed by atoms with van der Waals surface area (Å²) in [7, 11) is 0. The van der Waals surface area contributed by atoms with Gasteiger partial charge in [0.15, 0.2) is 0 Å². The van der Waals surface area contributed by atoms with E-state index < -0.39 is 12.0 Å². The third-order valence-electron chi connectivity index (χ3n) is 4.68. The van der Waals surface area contributed by atoms with Gasteiger partial charge in [0, 0.05) is 25.7 Å². The van der Waals surface area contributed by atoms with Gasteiger partial charge in [-0.2, -0.15) is 11.3 Å². The highest BCUT2D eigenvalue weighted by Gasteiger charge is 2.38. The average molecular weight is 338 g/mol. The minimum absolute atomic E-state index is 0.0868. The largest absolute Gasteiger partial charge is 0.480 e. The number of aliphatic carboxylic acids is 1. The number of thiophene rings is 1. The number of piperidine rings is 1. The molecule has 2 atom stereocenters. The molecule has 2 fully saturated rings. The van der Waals surface area contributed by atoms with Crippen LogP contribution in [0.1, 0.15) is 18.4 Å². The maximum atomic E-state index is 12.5. The topological polar surface area (TPSA) is 70.1 Å². The Morgan fingerprint density at radius 1 is 1.30 bits per heavy atom. The Hall–Kier alpha value is -1.44. The van der Waals surface area contributed by atoms with Crippen LogP contribution in [-0.2, 0) is 20.7 Å². The number of hydrogen-bond acceptors (Lipinski definition) is 5. The molecule has 3 heterocycles. The number of hydrogen-bond donors (Lipinski definition) is 1. The molecule has 2 aliphatic heterocycles. The zero-order valence-electron chi connectivity index (χ0n) is 13.0. The van der Waals surface area contributed by atoms with Crippen LogP contribution in [-0.4, -0.2) is 71.7 Å². The van der Waals surface area contributed by atoms with Gasteiger partial charge < -0.3 is 14.7 Å². The maximum Gasteiger partial charge on any atom is 0.326 e. The number of carboxylic acid groups (broad SMARTS) is 1. The molecule has 2 unspecified atom stereocenters. The predicted molar refractivity (Wildman–Crippen MR) is 86.6 cm³/mol. The lowest BCUT2D eigenvalue weighted by atomic mass is 9.94. The Bertz CT molecular complexity index is 542. The number of likely N-dealkylation sites (tertiary alicyclic amines) is 1. The molecule has 0 spiro atoms. The van der Waals surface area contributed by atoms with Crippen molar-refractivity contribution in [2.45, 2.75) is 31.3 Å². The van der Waals surface area contributed by atoms with E-state index in [-0.39, 0.29) is 18.4 Å². The number of carbonyl (C=O) groups excluding carboxylic acids is 1. The molecule has 0 aromatic carbocycles. The van der Waals surface area contributed by atoms with Crippen molar-refractivity contribution in [3.63, 3.8) is 0 Å². The summed E-state index contributed by atoms with van der Waals surface area (Å²) in [6, 6.07) is 1.42. The zero-order valence-corrected chi connectivity index (χ0v) is 13.8. The first-order valence-corrected chi connectivity index (χ1v) is 8.94. The minimum Gasteiger partial charge on any atom is -0.480 e. The minimum atomic E-state index is -0.901. The number of morpholine rings is 1. The molecule has 2 aliphatic rings. The third kappa shape index (κ3) is 3.91. The highest BCUT2D eigenvalue weighted by molar-refractivity contribution is 7.08. The Kier molecular flexibility index (Phi) is 5.30. The van der Waals surface area contributed by atoms with Crippen molar-refractivity contribution >= 4 is 23.2 Å². The van der Waals surface area contributed by atoms with Crippen LogP contribution in [0, 0.1) is 0 Å². The number of carbonyl (C=O) groups is 2. The maximum absolute atomic E-state index is 12.5. The molecule has 23 heavy (non-hydrogen) atoms. The molecule has 1 amide bonds. The van der Waals surface area contributed by atoms with Crippen LogP contribution in [0.15, 0.2) is 16.8 Å². The van der Waals surface area contributed by atoms with Gasteiger partial charge in [-0.15, -0.1) is 0 Å². The molecule has 6 nitrogen and oxygen atoms in total. The summed E-state index contributed by atoms with van der Waals surface area (Å²) in [5, 5.41) is 13.4. The summed E-state index contributed by atoms with van der Waals surface area (Å²) in [5.41, 5.74) is 0.958. The number of nitrogens with zero attached hydrogens (tertiary/aromatic N) is 2. The fourth-order valence-electron chi connectivity index (χ4n) is 3.42. The third-order valence-corrected chi connectivity index (χ3v) is 5.41. The van der Waals surface area contributed by atoms with Gasteiger partial charge in [0.1, 0.15) is 6.04 Å². The van der Waals surface area contributed by atoms with Gasteiger partial charge in [0.2, 0.25) is 5.91 Å². The Labute approximate surface area is 139 Å². The monoisotopic (exact) mass is 338 g/mol. The summed E-state index contributed by atoms with van der Waals surface area (Å²) in [6.45, 7) is 3.62. The van der Waals surface area contributed by atoms with Gasteiger partial charge in [0.05, 0.1) is 19.6 Å². The lowest BCUT2D eigenvalue weighted by Gasteiger charge is -2.43. The first-order chi connectivity index (χ1) is 11.1. The molecular weight excluding hydrogens is 316 g/mol. The Morgan fingerprint density at radius 3 is 2.74 bits per heavy atom. The van der Waals surface area contributed by atoms with E-state index in [4.69, 9.17) is 4.74 Å². The van der Waals surface area contributed by atoms with Crippen molar-refractivity contribution in [1.29, 1.82) is 0 Å². The molecule has 2 saturated heterocycles. The van der Waals surface area contributed by atoms with E-state index in [0.29, 0.717) is 26.2 Å². The van der Waals surface area contributed by atoms with Crippen molar-refractivity contribution in [3.8, 4) is 0 Å². The molecule has 0 aliphatic carbocycles. The van der Waals surface area contributed by atoms with E-state index in [1.165, 1.54) is 0 Å². The van der Waals surface area contributed by atoms with E-state index in [2.05, 4.69) is 4.90 Å². The molecule has 0 saturated carbocycles. The van der Waals surface area contributed by atoms with Crippen LogP contribution in [0.2, 0.25) is 0 Å². The highest BCUT2D eigenvalue weighted by Crippen LogP contribution is 2.24. The molecule has 3 rings (SSSR count). The Morgan fingerprint density at radius 2 is 2.09 bits per heavy atom. The van der Waals surface area contributed by atoms with Crippen LogP contribution in [0.25, 0.3) is 0 Å². The summed E-state index contributed by atoms with van der Waals surface area (Å²) >= 11 is 1.55. The summed E-state index contributed by atoms with van der Waals surface area (Å²) in [5.74, 6) is -0.988. The molecule has 7 heteroatoms. The standard InChI is InChI=1S/C16H22N2O4S/c19-15(9-12-2-8-23-11-12)18-3-1-13(10-14(18)16(20)21)17-4-6-22-7-5-17/h2,8,11,13-14H,1,3-7,9-10H2,(H,20,21). The van der Waals surface area contributed by atoms with Gasteiger partial charge >= 0.3 is 5.97 Å². The van der Waals surface area contributed by atoms with Gasteiger partial charge in [-0.3, -0.25) is 9.69 Å². The number of carboxylic acids is 1. The van der Waals surface area contributed by atoms with Crippen LogP contribution < -0.4 is 0 Å². The number of rotatable bonds is 4. The fraction of sp³-hybridized carbons (Fsp3) is 0.625. The SMILES string of the molecule is O=C(O)C1CC(N2CCOCC2)CCN1C(=O)Cc1ccsc1. The van der Waals surface area contributed by atoms with E-state index in [1.807, 2.05) is 16.8 Å². The lowest BCUT2D eigenvalue weighted by molar-refractivity contribution is -0.153. The van der Waals surface area contributed by atoms with Crippen molar-refractivity contribution < 1.29 is 19.4 Å². The van der Waals surface area contributed by atoms with Crippen LogP contribution >= 0.6 is 11.3 Å². The molecular formula is C16H22N2O4S. The van der Waals surface area contributed by atoms with Gasteiger partial charge in [-0.05, 0) is 35.2 Å². The van der Waals surface area contributed by atoms with Crippen LogP contribution in [0.4, 0.5) is 0 Å². The van der Waals surface area contributed by atoms with Crippen molar-refractivity contribution in [2.75, 3.05) is 32.8 Å². The average Bonchev–Trinajstić information content (AvgIpc) is 3.08. The van der Waals surface area contributed by atoms with Gasteiger partial charge in [-0.25, -0.2) is 4.79 Å². The van der Waals surface area contributed by atoms with E-state index in [9.17, 15) is 14.7 Å². The molecule has 1 aromatic rings. The molecule has 1 N–H and O–H groups in total. The molecule has 1 aromatic heterocycles. The van der Waals surface area contributed by atoms with Crippen molar-refractivity contribution in [2.24, 2.45) is 0 Å². The molecule has 126 valence electrons. The highest BCUT2D eigenvalue weighted by atomic mass is 32.1. The Balaban J connectivity index is 1.64. The van der Waals surface area contributed by atoms with Gasteiger partial charge in [-0.1, -0.05) is 0 Å². The summed E-state index contributed by atoms with van der Waals surface area (Å²) in [4.78, 5) is 28.0. The van der Waals surface area contributed by atoms with E-state index in [0.717, 1.165) is 25.1 Å². The van der Waals surface area contributed by atoms with Crippen LogP contribution in [0.3, 0.4) is 0 Å². The zero-order chi connectivity index (χ0) is 16.2. The first kappa shape index (κ1) is 16.4. The van der Waals surface area contributed by atoms with Gasteiger partial charge in [0.25, 0.3) is 0 Å². The summed E-state index contributed by atoms with van der Waals surface area (Å²) < 4.78 is 5.36. The predicted octanol–water partition coefficient (Wildman–Crippen LogP) is 1.07. The number of ether oxygens (including phenoxy) is 1. The quantitative estimate of drug-likeness (QED) is 0.889. The summed E-state index contributed by atoms with van der Waals surface area (Å²) in [6.07, 6.45) is 1.62.